The van der Waals surface area contributed by atoms with Crippen LogP contribution in [0.2, 0.25) is 5.02 Å². The van der Waals surface area contributed by atoms with E-state index in [1.165, 1.54) is 25.0 Å². The molecule has 10 nitrogen and oxygen atoms in total. The Bertz CT molecular complexity index is 1740. The number of benzene rings is 2. The van der Waals surface area contributed by atoms with Crippen molar-refractivity contribution in [1.82, 2.24) is 19.8 Å². The monoisotopic (exact) mass is 659 g/mol. The van der Waals surface area contributed by atoms with E-state index in [-0.39, 0.29) is 28.8 Å². The highest BCUT2D eigenvalue weighted by Gasteiger charge is 2.43. The van der Waals surface area contributed by atoms with Crippen LogP contribution in [-0.4, -0.2) is 97.4 Å². The summed E-state index contributed by atoms with van der Waals surface area (Å²) in [5, 5.41) is 11.2. The molecule has 47 heavy (non-hydrogen) atoms. The van der Waals surface area contributed by atoms with Crippen molar-refractivity contribution in [2.24, 2.45) is 5.41 Å². The molecule has 3 aliphatic heterocycles. The lowest BCUT2D eigenvalue weighted by Gasteiger charge is -2.43. The molecule has 1 atom stereocenters. The summed E-state index contributed by atoms with van der Waals surface area (Å²) in [5.74, 6) is 0.143. The van der Waals surface area contributed by atoms with Gasteiger partial charge >= 0.3 is 6.01 Å². The van der Waals surface area contributed by atoms with Crippen LogP contribution in [-0.2, 0) is 22.5 Å². The molecule has 2 saturated heterocycles. The number of halogens is 2. The first-order chi connectivity index (χ1) is 22.8. The highest BCUT2D eigenvalue weighted by molar-refractivity contribution is 6.36. The van der Waals surface area contributed by atoms with Crippen LogP contribution in [0.5, 0.6) is 6.01 Å². The number of carbonyl (C=O) groups is 1. The average molecular weight is 660 g/mol. The van der Waals surface area contributed by atoms with Gasteiger partial charge < -0.3 is 29.1 Å². The van der Waals surface area contributed by atoms with E-state index in [0.29, 0.717) is 76.4 Å². The molecular weight excluding hydrogens is 621 g/mol. The third-order valence-electron chi connectivity index (χ3n) is 9.92. The van der Waals surface area contributed by atoms with Gasteiger partial charge in [0.15, 0.2) is 0 Å². The zero-order valence-electron chi connectivity index (χ0n) is 26.6. The highest BCUT2D eigenvalue weighted by Crippen LogP contribution is 2.39. The minimum Gasteiger partial charge on any atom is -0.463 e. The van der Waals surface area contributed by atoms with E-state index in [0.717, 1.165) is 34.7 Å². The largest absolute Gasteiger partial charge is 0.463 e. The molecule has 3 fully saturated rings. The number of fused-ring (bicyclic) bond motifs is 2. The van der Waals surface area contributed by atoms with Gasteiger partial charge in [-0.05, 0) is 49.9 Å². The Kier molecular flexibility index (Phi) is 8.68. The van der Waals surface area contributed by atoms with Gasteiger partial charge in [-0.15, -0.1) is 0 Å². The normalized spacial score (nSPS) is 20.5. The summed E-state index contributed by atoms with van der Waals surface area (Å²) in [6.45, 7) is 8.80. The minimum absolute atomic E-state index is 0.107. The number of rotatable bonds is 10. The first-order valence-corrected chi connectivity index (χ1v) is 16.6. The SMILES string of the molecule is C=CC(=O)N1CCN(c2nc(OCC3(CN(C)C4CC4)COC3)nc3c2CCN(c2cccc4ccc(F)c(Cl)c24)C3)CC1CC#N. The topological polar surface area (TPSA) is 98.1 Å². The predicted molar refractivity (Wildman–Crippen MR) is 178 cm³/mol. The number of hydrogen-bond donors (Lipinski definition) is 0. The fourth-order valence-corrected chi connectivity index (χ4v) is 7.48. The fraction of sp³-hybridized carbons (Fsp3) is 0.486. The molecule has 1 aromatic heterocycles. The molecule has 1 amide bonds. The van der Waals surface area contributed by atoms with E-state index in [1.54, 1.807) is 11.0 Å². The minimum atomic E-state index is -0.452. The van der Waals surface area contributed by atoms with Gasteiger partial charge in [0.1, 0.15) is 18.2 Å². The van der Waals surface area contributed by atoms with Gasteiger partial charge in [0.05, 0.1) is 54.4 Å². The summed E-state index contributed by atoms with van der Waals surface area (Å²) in [4.78, 5) is 31.0. The number of aromatic nitrogens is 2. The summed E-state index contributed by atoms with van der Waals surface area (Å²) in [5.41, 5.74) is 2.57. The Morgan fingerprint density at radius 3 is 2.79 bits per heavy atom. The van der Waals surface area contributed by atoms with Crippen LogP contribution in [0.4, 0.5) is 15.9 Å². The average Bonchev–Trinajstić information content (AvgIpc) is 3.92. The molecule has 0 radical (unpaired) electrons. The van der Waals surface area contributed by atoms with E-state index in [2.05, 4.69) is 34.4 Å². The van der Waals surface area contributed by atoms with Crippen LogP contribution >= 0.6 is 11.6 Å². The Labute approximate surface area is 279 Å². The van der Waals surface area contributed by atoms with Gasteiger partial charge in [-0.3, -0.25) is 4.79 Å². The zero-order valence-corrected chi connectivity index (χ0v) is 27.4. The van der Waals surface area contributed by atoms with E-state index in [1.807, 2.05) is 18.2 Å². The summed E-state index contributed by atoms with van der Waals surface area (Å²) in [6, 6.07) is 11.9. The summed E-state index contributed by atoms with van der Waals surface area (Å²) >= 11 is 6.52. The predicted octanol–water partition coefficient (Wildman–Crippen LogP) is 4.59. The number of ether oxygens (including phenoxy) is 2. The van der Waals surface area contributed by atoms with E-state index in [4.69, 9.17) is 31.0 Å². The van der Waals surface area contributed by atoms with Gasteiger partial charge in [0, 0.05) is 55.4 Å². The lowest BCUT2D eigenvalue weighted by molar-refractivity contribution is -0.143. The second-order valence-electron chi connectivity index (χ2n) is 13.3. The molecule has 1 aliphatic carbocycles. The molecular formula is C35H39ClFN7O3. The van der Waals surface area contributed by atoms with Crippen LogP contribution in [0, 0.1) is 22.6 Å². The lowest BCUT2D eigenvalue weighted by atomic mass is 9.86. The molecule has 4 heterocycles. The van der Waals surface area contributed by atoms with Gasteiger partial charge in [0.2, 0.25) is 5.91 Å². The Morgan fingerprint density at radius 2 is 2.06 bits per heavy atom. The molecule has 12 heteroatoms. The van der Waals surface area contributed by atoms with Crippen LogP contribution in [0.1, 0.15) is 30.5 Å². The lowest BCUT2D eigenvalue weighted by Crippen LogP contribution is -2.55. The Balaban J connectivity index is 1.21. The van der Waals surface area contributed by atoms with Crippen molar-refractivity contribution >= 4 is 39.8 Å². The van der Waals surface area contributed by atoms with E-state index >= 15 is 0 Å². The molecule has 1 unspecified atom stereocenters. The fourth-order valence-electron chi connectivity index (χ4n) is 7.21. The molecule has 0 bridgehead atoms. The summed E-state index contributed by atoms with van der Waals surface area (Å²) in [7, 11) is 2.17. The highest BCUT2D eigenvalue weighted by atomic mass is 35.5. The number of nitrogens with zero attached hydrogens (tertiary/aromatic N) is 7. The molecule has 2 aromatic carbocycles. The third-order valence-corrected chi connectivity index (χ3v) is 10.3. The maximum absolute atomic E-state index is 14.6. The Morgan fingerprint density at radius 1 is 1.23 bits per heavy atom. The molecule has 246 valence electrons. The molecule has 0 spiro atoms. The second kappa shape index (κ2) is 12.9. The number of hydrogen-bond acceptors (Lipinski definition) is 9. The maximum Gasteiger partial charge on any atom is 0.318 e. The van der Waals surface area contributed by atoms with Crippen molar-refractivity contribution in [2.45, 2.75) is 44.3 Å². The molecule has 4 aliphatic rings. The Hall–Kier alpha value is -3.98. The number of piperazine rings is 1. The van der Waals surface area contributed by atoms with Crippen molar-refractivity contribution < 1.29 is 18.7 Å². The van der Waals surface area contributed by atoms with Crippen molar-refractivity contribution in [3.05, 3.63) is 65.1 Å². The van der Waals surface area contributed by atoms with E-state index < -0.39 is 5.82 Å². The first-order valence-electron chi connectivity index (χ1n) is 16.3. The summed E-state index contributed by atoms with van der Waals surface area (Å²) in [6.07, 6.45) is 4.62. The second-order valence-corrected chi connectivity index (χ2v) is 13.7. The van der Waals surface area contributed by atoms with Crippen LogP contribution in [0.25, 0.3) is 10.8 Å². The van der Waals surface area contributed by atoms with Crippen molar-refractivity contribution in [3.63, 3.8) is 0 Å². The quantitative estimate of drug-likeness (QED) is 0.290. The van der Waals surface area contributed by atoms with E-state index in [9.17, 15) is 14.4 Å². The van der Waals surface area contributed by atoms with Crippen LogP contribution in [0.15, 0.2) is 43.0 Å². The number of carbonyl (C=O) groups excluding carboxylic acids is 1. The van der Waals surface area contributed by atoms with Crippen molar-refractivity contribution in [2.75, 3.05) is 69.4 Å². The van der Waals surface area contributed by atoms with Gasteiger partial charge in [-0.1, -0.05) is 36.4 Å². The molecule has 3 aromatic rings. The smallest absolute Gasteiger partial charge is 0.318 e. The first kappa shape index (κ1) is 31.6. The maximum atomic E-state index is 14.6. The summed E-state index contributed by atoms with van der Waals surface area (Å²) < 4.78 is 26.7. The zero-order chi connectivity index (χ0) is 32.7. The number of nitriles is 1. The molecule has 7 rings (SSSR count). The van der Waals surface area contributed by atoms with Crippen molar-refractivity contribution in [3.8, 4) is 12.1 Å². The molecule has 1 saturated carbocycles. The van der Waals surface area contributed by atoms with Crippen LogP contribution in [0.3, 0.4) is 0 Å². The standard InChI is InChI=1S/C35H39ClFN7O3/c1-3-30(45)44-16-15-43(17-25(44)11-13-38)33-26-12-14-42(29-6-4-5-23-7-10-27(37)32(36)31(23)29)18-28(26)39-34(40-33)47-22-35(20-46-21-35)19-41(2)24-8-9-24/h3-7,10,24-25H,1,8-9,11-12,14-22H2,2H3. The number of amides is 1. The number of anilines is 2. The van der Waals surface area contributed by atoms with Gasteiger partial charge in [-0.2, -0.15) is 15.2 Å². The van der Waals surface area contributed by atoms with Gasteiger partial charge in [-0.25, -0.2) is 4.39 Å². The van der Waals surface area contributed by atoms with Crippen LogP contribution < -0.4 is 14.5 Å². The third kappa shape index (κ3) is 6.22. The van der Waals surface area contributed by atoms with Crippen molar-refractivity contribution in [1.29, 1.82) is 5.26 Å². The van der Waals surface area contributed by atoms with Gasteiger partial charge in [0.25, 0.3) is 0 Å². The molecule has 0 N–H and O–H groups in total.